The molecule has 12 heteroatoms. The maximum Gasteiger partial charge on any atom is 0.490 e. The molecule has 1 unspecified atom stereocenters. The van der Waals surface area contributed by atoms with Gasteiger partial charge in [0.1, 0.15) is 6.10 Å². The highest BCUT2D eigenvalue weighted by atomic mass is 19.4. The van der Waals surface area contributed by atoms with E-state index in [0.717, 1.165) is 55.3 Å². The van der Waals surface area contributed by atoms with E-state index in [4.69, 9.17) is 15.6 Å². The Morgan fingerprint density at radius 2 is 1.83 bits per heavy atom. The predicted molar refractivity (Wildman–Crippen MR) is 99.4 cm³/mol. The number of halogens is 3. The summed E-state index contributed by atoms with van der Waals surface area (Å²) in [5.41, 5.74) is 8.24. The quantitative estimate of drug-likeness (QED) is 0.658. The van der Waals surface area contributed by atoms with Crippen LogP contribution in [0.1, 0.15) is 29.9 Å². The Morgan fingerprint density at radius 1 is 1.27 bits per heavy atom. The van der Waals surface area contributed by atoms with Crippen LogP contribution < -0.4 is 5.73 Å². The molecule has 1 saturated heterocycles. The topological polar surface area (TPSA) is 134 Å². The van der Waals surface area contributed by atoms with Gasteiger partial charge in [-0.3, -0.25) is 14.1 Å². The summed E-state index contributed by atoms with van der Waals surface area (Å²) in [6.45, 7) is 6.42. The highest BCUT2D eigenvalue weighted by Gasteiger charge is 2.38. The number of aliphatic hydroxyl groups excluding tert-OH is 1. The molecule has 3 rings (SSSR count). The van der Waals surface area contributed by atoms with Gasteiger partial charge in [0.2, 0.25) is 11.7 Å². The molecule has 0 aromatic carbocycles. The number of nitrogens with zero attached hydrogens (tertiary/aromatic N) is 4. The number of nitrogens with two attached hydrogens (primary N) is 1. The Morgan fingerprint density at radius 3 is 2.33 bits per heavy atom. The third-order valence-electron chi connectivity index (χ3n) is 4.81. The van der Waals surface area contributed by atoms with Crippen LogP contribution >= 0.6 is 0 Å². The van der Waals surface area contributed by atoms with Gasteiger partial charge in [-0.2, -0.15) is 13.2 Å². The zero-order valence-corrected chi connectivity index (χ0v) is 16.6. The number of piperidine rings is 1. The first-order valence-electron chi connectivity index (χ1n) is 9.20. The van der Waals surface area contributed by atoms with Crippen molar-refractivity contribution in [3.05, 3.63) is 29.3 Å². The van der Waals surface area contributed by atoms with E-state index in [1.165, 1.54) is 0 Å². The van der Waals surface area contributed by atoms with Crippen LogP contribution in [0.2, 0.25) is 0 Å². The van der Waals surface area contributed by atoms with Crippen LogP contribution in [-0.2, 0) is 16.1 Å². The van der Waals surface area contributed by atoms with Crippen molar-refractivity contribution >= 4 is 17.7 Å². The number of aromatic nitrogens is 3. The van der Waals surface area contributed by atoms with Gasteiger partial charge in [0, 0.05) is 24.1 Å². The van der Waals surface area contributed by atoms with Gasteiger partial charge in [0.25, 0.3) is 0 Å². The van der Waals surface area contributed by atoms with Crippen LogP contribution in [0.15, 0.2) is 12.3 Å². The molecular formula is C18H24F3N5O4. The first-order valence-corrected chi connectivity index (χ1v) is 9.20. The zero-order chi connectivity index (χ0) is 22.6. The summed E-state index contributed by atoms with van der Waals surface area (Å²) in [6, 6.07) is 2.04. The van der Waals surface area contributed by atoms with Crippen molar-refractivity contribution in [3.8, 4) is 0 Å². The number of aliphatic carboxylic acids is 1. The van der Waals surface area contributed by atoms with Crippen LogP contribution in [0.5, 0.6) is 0 Å². The van der Waals surface area contributed by atoms with E-state index in [-0.39, 0.29) is 5.92 Å². The highest BCUT2D eigenvalue weighted by molar-refractivity contribution is 5.78. The molecule has 1 amide bonds. The van der Waals surface area contributed by atoms with Crippen molar-refractivity contribution in [2.75, 3.05) is 13.1 Å². The van der Waals surface area contributed by atoms with E-state index in [0.29, 0.717) is 0 Å². The van der Waals surface area contributed by atoms with Gasteiger partial charge in [-0.25, -0.2) is 14.8 Å². The Kier molecular flexibility index (Phi) is 7.37. The molecule has 0 bridgehead atoms. The summed E-state index contributed by atoms with van der Waals surface area (Å²) < 4.78 is 33.7. The zero-order valence-electron chi connectivity index (χ0n) is 16.6. The lowest BCUT2D eigenvalue weighted by Crippen LogP contribution is -2.42. The molecular weight excluding hydrogens is 407 g/mol. The standard InChI is InChI=1S/C16H23N5O2.C2HF3O2/c1-10-7-11(2)21-9-13(19-16(21)18-10)8-20-5-3-12(4-6-20)14(22)15(17)23;3-2(4,5)1(6)7/h7,9,12,14,22H,3-6,8H2,1-2H3,(H2,17,23);(H,6,7). The fourth-order valence-electron chi connectivity index (χ4n) is 3.28. The number of imidazole rings is 1. The first kappa shape index (κ1) is 23.5. The second-order valence-corrected chi connectivity index (χ2v) is 7.20. The fourth-order valence-corrected chi connectivity index (χ4v) is 3.28. The molecule has 0 saturated carbocycles. The van der Waals surface area contributed by atoms with Crippen molar-refractivity contribution in [2.45, 2.75) is 45.5 Å². The lowest BCUT2D eigenvalue weighted by molar-refractivity contribution is -0.192. The maximum absolute atomic E-state index is 11.1. The minimum Gasteiger partial charge on any atom is -0.475 e. The van der Waals surface area contributed by atoms with Gasteiger partial charge in [0.05, 0.1) is 5.69 Å². The van der Waals surface area contributed by atoms with Crippen LogP contribution in [0, 0.1) is 19.8 Å². The van der Waals surface area contributed by atoms with Gasteiger partial charge in [0.15, 0.2) is 0 Å². The Bertz CT molecular complexity index is 907. The number of aliphatic hydroxyl groups is 1. The van der Waals surface area contributed by atoms with Crippen LogP contribution in [0.25, 0.3) is 5.78 Å². The number of aryl methyl sites for hydroxylation is 2. The smallest absolute Gasteiger partial charge is 0.475 e. The number of alkyl halides is 3. The van der Waals surface area contributed by atoms with E-state index >= 15 is 0 Å². The molecule has 1 atom stereocenters. The SMILES string of the molecule is Cc1cc(C)n2cc(CN3CCC(C(O)C(N)=O)CC3)nc2n1.O=C(O)C(F)(F)F. The summed E-state index contributed by atoms with van der Waals surface area (Å²) in [6.07, 6.45) is -2.54. The number of primary amides is 1. The van der Waals surface area contributed by atoms with E-state index < -0.39 is 24.2 Å². The Hall–Kier alpha value is -2.73. The van der Waals surface area contributed by atoms with Crippen LogP contribution in [0.4, 0.5) is 13.2 Å². The number of likely N-dealkylation sites (tertiary alicyclic amines) is 1. The normalized spacial score (nSPS) is 16.7. The second kappa shape index (κ2) is 9.39. The van der Waals surface area contributed by atoms with E-state index in [1.807, 2.05) is 30.5 Å². The van der Waals surface area contributed by atoms with Gasteiger partial charge in [-0.15, -0.1) is 0 Å². The van der Waals surface area contributed by atoms with Crippen molar-refractivity contribution in [3.63, 3.8) is 0 Å². The van der Waals surface area contributed by atoms with Gasteiger partial charge >= 0.3 is 12.1 Å². The summed E-state index contributed by atoms with van der Waals surface area (Å²) in [5, 5.41) is 16.9. The number of fused-ring (bicyclic) bond motifs is 1. The first-order chi connectivity index (χ1) is 13.9. The number of hydrogen-bond acceptors (Lipinski definition) is 6. The lowest BCUT2D eigenvalue weighted by Gasteiger charge is -2.32. The van der Waals surface area contributed by atoms with Crippen molar-refractivity contribution in [1.82, 2.24) is 19.3 Å². The summed E-state index contributed by atoms with van der Waals surface area (Å²) in [5.74, 6) is -2.68. The number of amides is 1. The number of hydrogen-bond donors (Lipinski definition) is 3. The fraction of sp³-hybridized carbons (Fsp3) is 0.556. The van der Waals surface area contributed by atoms with E-state index in [1.54, 1.807) is 0 Å². The van der Waals surface area contributed by atoms with Crippen molar-refractivity contribution < 1.29 is 33.0 Å². The predicted octanol–water partition coefficient (Wildman–Crippen LogP) is 1.04. The lowest BCUT2D eigenvalue weighted by atomic mass is 9.91. The number of carbonyl (C=O) groups is 2. The molecule has 0 radical (unpaired) electrons. The van der Waals surface area contributed by atoms with Crippen molar-refractivity contribution in [2.24, 2.45) is 11.7 Å². The molecule has 9 nitrogen and oxygen atoms in total. The highest BCUT2D eigenvalue weighted by Crippen LogP contribution is 2.22. The average molecular weight is 431 g/mol. The molecule has 1 aliphatic heterocycles. The van der Waals surface area contributed by atoms with E-state index in [9.17, 15) is 23.1 Å². The monoisotopic (exact) mass is 431 g/mol. The Labute approximate surface area is 170 Å². The maximum atomic E-state index is 11.1. The summed E-state index contributed by atoms with van der Waals surface area (Å²) in [7, 11) is 0. The molecule has 2 aromatic rings. The number of carboxylic acid groups (broad SMARTS) is 1. The van der Waals surface area contributed by atoms with Crippen LogP contribution in [-0.4, -0.2) is 66.7 Å². The number of carboxylic acids is 1. The Balaban J connectivity index is 0.000000396. The van der Waals surface area contributed by atoms with Gasteiger partial charge < -0.3 is 15.9 Å². The van der Waals surface area contributed by atoms with Gasteiger partial charge in [-0.1, -0.05) is 0 Å². The van der Waals surface area contributed by atoms with Gasteiger partial charge in [-0.05, 0) is 51.8 Å². The molecule has 1 aliphatic rings. The minimum atomic E-state index is -5.08. The molecule has 0 spiro atoms. The molecule has 3 heterocycles. The third-order valence-corrected chi connectivity index (χ3v) is 4.81. The van der Waals surface area contributed by atoms with Crippen LogP contribution in [0.3, 0.4) is 0 Å². The molecule has 1 fully saturated rings. The van der Waals surface area contributed by atoms with Crippen molar-refractivity contribution in [1.29, 1.82) is 0 Å². The number of carbonyl (C=O) groups excluding carboxylic acids is 1. The molecule has 4 N–H and O–H groups in total. The third kappa shape index (κ3) is 6.13. The average Bonchev–Trinajstić information content (AvgIpc) is 3.04. The summed E-state index contributed by atoms with van der Waals surface area (Å²) >= 11 is 0. The van der Waals surface area contributed by atoms with E-state index in [2.05, 4.69) is 14.9 Å². The summed E-state index contributed by atoms with van der Waals surface area (Å²) in [4.78, 5) is 31.3. The number of rotatable bonds is 4. The molecule has 2 aromatic heterocycles. The minimum absolute atomic E-state index is 0.0311. The largest absolute Gasteiger partial charge is 0.490 e. The molecule has 30 heavy (non-hydrogen) atoms. The molecule has 166 valence electrons. The molecule has 0 aliphatic carbocycles. The second-order valence-electron chi connectivity index (χ2n) is 7.20.